The van der Waals surface area contributed by atoms with Gasteiger partial charge in [0.25, 0.3) is 0 Å². The molecule has 1 aliphatic heterocycles. The van der Waals surface area contributed by atoms with Gasteiger partial charge in [-0.15, -0.1) is 0 Å². The van der Waals surface area contributed by atoms with Gasteiger partial charge in [-0.2, -0.15) is 0 Å². The molecule has 0 saturated carbocycles. The molecule has 1 aliphatic rings. The monoisotopic (exact) mass is 429 g/mol. The maximum Gasteiger partial charge on any atom is 0.322 e. The van der Waals surface area contributed by atoms with Gasteiger partial charge in [0, 0.05) is 28.8 Å². The lowest BCUT2D eigenvalue weighted by Crippen LogP contribution is -2.43. The summed E-state index contributed by atoms with van der Waals surface area (Å²) < 4.78 is 18.7. The number of ether oxygens (including phenoxy) is 1. The molecule has 2 N–H and O–H groups in total. The number of urea groups is 1. The number of anilines is 1. The van der Waals surface area contributed by atoms with E-state index in [1.54, 1.807) is 19.2 Å². The normalized spacial score (nSPS) is 15.5. The van der Waals surface area contributed by atoms with Crippen molar-refractivity contribution in [1.82, 2.24) is 9.88 Å². The Morgan fingerprint density at radius 2 is 1.84 bits per heavy atom. The fourth-order valence-corrected chi connectivity index (χ4v) is 4.44. The van der Waals surface area contributed by atoms with Crippen LogP contribution in [0.1, 0.15) is 28.4 Å². The van der Waals surface area contributed by atoms with Crippen LogP contribution in [0.2, 0.25) is 0 Å². The Bertz CT molecular complexity index is 1280. The van der Waals surface area contributed by atoms with E-state index < -0.39 is 0 Å². The summed E-state index contributed by atoms with van der Waals surface area (Å²) in [7, 11) is 1.66. The van der Waals surface area contributed by atoms with E-state index >= 15 is 0 Å². The van der Waals surface area contributed by atoms with Gasteiger partial charge in [0.2, 0.25) is 0 Å². The number of benzene rings is 3. The van der Waals surface area contributed by atoms with Gasteiger partial charge in [-0.3, -0.25) is 0 Å². The standard InChI is InChI=1S/C26H24FN3O2/c1-16-3-5-17(6-4-16)25-24-21(22-15-20(32-2)11-12-23(22)29-24)13-14-30(25)26(31)28-19-9-7-18(27)8-10-19/h3-12,15,25,29H,13-14H2,1-2H3,(H,28,31). The van der Waals surface area contributed by atoms with E-state index in [1.165, 1.54) is 17.7 Å². The molecule has 1 atom stereocenters. The number of H-pyrrole nitrogens is 1. The highest BCUT2D eigenvalue weighted by Gasteiger charge is 2.34. The quantitative estimate of drug-likeness (QED) is 0.432. The average Bonchev–Trinajstić information content (AvgIpc) is 3.18. The summed E-state index contributed by atoms with van der Waals surface area (Å²) in [6, 6.07) is 19.6. The first kappa shape index (κ1) is 20.1. The number of halogens is 1. The Hall–Kier alpha value is -3.80. The molecule has 0 radical (unpaired) electrons. The number of hydrogen-bond acceptors (Lipinski definition) is 2. The molecule has 0 saturated heterocycles. The van der Waals surface area contributed by atoms with Crippen molar-refractivity contribution in [3.05, 3.63) is 94.9 Å². The number of aryl methyl sites for hydroxylation is 1. The zero-order valence-corrected chi connectivity index (χ0v) is 18.0. The molecule has 6 heteroatoms. The summed E-state index contributed by atoms with van der Waals surface area (Å²) in [5, 5.41) is 4.04. The number of aromatic nitrogens is 1. The van der Waals surface area contributed by atoms with Gasteiger partial charge < -0.3 is 19.9 Å². The second-order valence-corrected chi connectivity index (χ2v) is 8.12. The number of carbonyl (C=O) groups excluding carboxylic acids is 1. The fourth-order valence-electron chi connectivity index (χ4n) is 4.44. The van der Waals surface area contributed by atoms with Crippen LogP contribution in [0.5, 0.6) is 5.75 Å². The Balaban J connectivity index is 1.57. The highest BCUT2D eigenvalue weighted by molar-refractivity contribution is 5.91. The van der Waals surface area contributed by atoms with Gasteiger partial charge in [0.05, 0.1) is 13.2 Å². The van der Waals surface area contributed by atoms with Crippen molar-refractivity contribution < 1.29 is 13.9 Å². The lowest BCUT2D eigenvalue weighted by atomic mass is 9.92. The van der Waals surface area contributed by atoms with Crippen LogP contribution in [0, 0.1) is 12.7 Å². The third-order valence-electron chi connectivity index (χ3n) is 6.08. The van der Waals surface area contributed by atoms with E-state index in [2.05, 4.69) is 34.6 Å². The van der Waals surface area contributed by atoms with Gasteiger partial charge in [0.15, 0.2) is 0 Å². The SMILES string of the molecule is COc1ccc2[nH]c3c(c2c1)CCN(C(=O)Nc1ccc(F)cc1)C3c1ccc(C)cc1. The maximum absolute atomic E-state index is 13.3. The summed E-state index contributed by atoms with van der Waals surface area (Å²) in [5.41, 5.74) is 5.99. The average molecular weight is 429 g/mol. The van der Waals surface area contributed by atoms with Gasteiger partial charge >= 0.3 is 6.03 Å². The molecule has 5 nitrogen and oxygen atoms in total. The van der Waals surface area contributed by atoms with Crippen LogP contribution in [0.15, 0.2) is 66.7 Å². The lowest BCUT2D eigenvalue weighted by Gasteiger charge is -2.36. The maximum atomic E-state index is 13.3. The van der Waals surface area contributed by atoms with Gasteiger partial charge in [-0.25, -0.2) is 9.18 Å². The van der Waals surface area contributed by atoms with Gasteiger partial charge in [-0.1, -0.05) is 29.8 Å². The number of nitrogens with one attached hydrogen (secondary N) is 2. The Kier molecular flexibility index (Phi) is 5.05. The Morgan fingerprint density at radius 1 is 1.09 bits per heavy atom. The summed E-state index contributed by atoms with van der Waals surface area (Å²) in [5.74, 6) is 0.472. The van der Waals surface area contributed by atoms with Crippen LogP contribution in [-0.4, -0.2) is 29.6 Å². The number of carbonyl (C=O) groups is 1. The molecule has 2 heterocycles. The molecule has 3 aromatic carbocycles. The van der Waals surface area contributed by atoms with Crippen molar-refractivity contribution in [1.29, 1.82) is 0 Å². The molecular weight excluding hydrogens is 405 g/mol. The smallest absolute Gasteiger partial charge is 0.322 e. The first-order valence-corrected chi connectivity index (χ1v) is 10.6. The highest BCUT2D eigenvalue weighted by atomic mass is 19.1. The fraction of sp³-hybridized carbons (Fsp3) is 0.192. The van der Waals surface area contributed by atoms with Crippen molar-refractivity contribution >= 4 is 22.6 Å². The molecule has 1 unspecified atom stereocenters. The second kappa shape index (κ2) is 8.04. The van der Waals surface area contributed by atoms with E-state index in [1.807, 2.05) is 30.0 Å². The van der Waals surface area contributed by atoms with Crippen LogP contribution in [0.4, 0.5) is 14.9 Å². The summed E-state index contributed by atoms with van der Waals surface area (Å²) >= 11 is 0. The topological polar surface area (TPSA) is 57.4 Å². The van der Waals surface area contributed by atoms with Crippen molar-refractivity contribution in [3.8, 4) is 5.75 Å². The molecule has 1 aromatic heterocycles. The predicted molar refractivity (Wildman–Crippen MR) is 124 cm³/mol. The van der Waals surface area contributed by atoms with Gasteiger partial charge in [0.1, 0.15) is 11.6 Å². The first-order chi connectivity index (χ1) is 15.5. The molecule has 0 spiro atoms. The highest BCUT2D eigenvalue weighted by Crippen LogP contribution is 2.39. The molecule has 0 fully saturated rings. The number of methoxy groups -OCH3 is 1. The van der Waals surface area contributed by atoms with Crippen molar-refractivity contribution in [3.63, 3.8) is 0 Å². The summed E-state index contributed by atoms with van der Waals surface area (Å²) in [6.07, 6.45) is 0.724. The minimum Gasteiger partial charge on any atom is -0.497 e. The van der Waals surface area contributed by atoms with E-state index in [0.29, 0.717) is 12.2 Å². The minimum absolute atomic E-state index is 0.218. The molecule has 162 valence electrons. The van der Waals surface area contributed by atoms with Crippen LogP contribution in [0.25, 0.3) is 10.9 Å². The molecule has 32 heavy (non-hydrogen) atoms. The van der Waals surface area contributed by atoms with E-state index in [-0.39, 0.29) is 17.9 Å². The number of hydrogen-bond donors (Lipinski definition) is 2. The molecule has 0 bridgehead atoms. The van der Waals surface area contributed by atoms with E-state index in [0.717, 1.165) is 39.9 Å². The number of rotatable bonds is 3. The van der Waals surface area contributed by atoms with Crippen LogP contribution in [-0.2, 0) is 6.42 Å². The third kappa shape index (κ3) is 3.58. The molecular formula is C26H24FN3O2. The van der Waals surface area contributed by atoms with E-state index in [9.17, 15) is 9.18 Å². The second-order valence-electron chi connectivity index (χ2n) is 8.12. The number of fused-ring (bicyclic) bond motifs is 3. The molecule has 5 rings (SSSR count). The largest absolute Gasteiger partial charge is 0.497 e. The number of amides is 2. The number of aromatic amines is 1. The van der Waals surface area contributed by atoms with Crippen molar-refractivity contribution in [2.24, 2.45) is 0 Å². The van der Waals surface area contributed by atoms with Crippen LogP contribution >= 0.6 is 0 Å². The summed E-state index contributed by atoms with van der Waals surface area (Å²) in [6.45, 7) is 2.60. The Labute approximate surface area is 185 Å². The van der Waals surface area contributed by atoms with Crippen molar-refractivity contribution in [2.45, 2.75) is 19.4 Å². The predicted octanol–water partition coefficient (Wildman–Crippen LogP) is 5.80. The third-order valence-corrected chi connectivity index (χ3v) is 6.08. The van der Waals surface area contributed by atoms with Crippen LogP contribution < -0.4 is 10.1 Å². The summed E-state index contributed by atoms with van der Waals surface area (Å²) in [4.78, 5) is 18.7. The van der Waals surface area contributed by atoms with Crippen molar-refractivity contribution in [2.75, 3.05) is 19.0 Å². The van der Waals surface area contributed by atoms with E-state index in [4.69, 9.17) is 4.74 Å². The van der Waals surface area contributed by atoms with Crippen LogP contribution in [0.3, 0.4) is 0 Å². The zero-order chi connectivity index (χ0) is 22.2. The number of nitrogens with zero attached hydrogens (tertiary/aromatic N) is 1. The molecule has 4 aromatic rings. The molecule has 2 amide bonds. The van der Waals surface area contributed by atoms with Gasteiger partial charge in [-0.05, 0) is 66.9 Å². The molecule has 0 aliphatic carbocycles. The minimum atomic E-state index is -0.336. The lowest BCUT2D eigenvalue weighted by molar-refractivity contribution is 0.193. The Morgan fingerprint density at radius 3 is 2.56 bits per heavy atom. The zero-order valence-electron chi connectivity index (χ0n) is 18.0. The first-order valence-electron chi connectivity index (χ1n) is 10.6.